The summed E-state index contributed by atoms with van der Waals surface area (Å²) in [5.41, 5.74) is 10.2. The van der Waals surface area contributed by atoms with Crippen LogP contribution >= 0.6 is 11.6 Å². The molecule has 0 aliphatic carbocycles. The minimum Gasteiger partial charge on any atom is -0.383 e. The van der Waals surface area contributed by atoms with Crippen LogP contribution in [0.4, 0.5) is 5.82 Å². The zero-order valence-corrected chi connectivity index (χ0v) is 12.1. The SMILES string of the molecule is Cc1cc(C)cc(-c2nc(N)c3cc(Cl)ccc3n2)c1. The molecule has 0 spiro atoms. The van der Waals surface area contributed by atoms with Crippen LogP contribution in [-0.4, -0.2) is 9.97 Å². The number of anilines is 1. The maximum Gasteiger partial charge on any atom is 0.162 e. The number of hydrogen-bond acceptors (Lipinski definition) is 3. The number of aromatic nitrogens is 2. The molecule has 3 rings (SSSR count). The summed E-state index contributed by atoms with van der Waals surface area (Å²) in [4.78, 5) is 8.98. The number of nitrogens with zero attached hydrogens (tertiary/aromatic N) is 2. The molecule has 1 aromatic heterocycles. The minimum absolute atomic E-state index is 0.451. The molecular weight excluding hydrogens is 270 g/mol. The summed E-state index contributed by atoms with van der Waals surface area (Å²) in [7, 11) is 0. The van der Waals surface area contributed by atoms with E-state index in [2.05, 4.69) is 42.0 Å². The van der Waals surface area contributed by atoms with E-state index in [-0.39, 0.29) is 0 Å². The van der Waals surface area contributed by atoms with Gasteiger partial charge in [-0.05, 0) is 44.2 Å². The van der Waals surface area contributed by atoms with Crippen molar-refractivity contribution in [2.24, 2.45) is 0 Å². The summed E-state index contributed by atoms with van der Waals surface area (Å²) in [5, 5.41) is 1.41. The second kappa shape index (κ2) is 4.76. The highest BCUT2D eigenvalue weighted by Crippen LogP contribution is 2.26. The molecule has 0 saturated heterocycles. The van der Waals surface area contributed by atoms with Gasteiger partial charge in [0.1, 0.15) is 5.82 Å². The van der Waals surface area contributed by atoms with Crippen molar-refractivity contribution in [3.63, 3.8) is 0 Å². The maximum absolute atomic E-state index is 6.03. The molecule has 0 unspecified atom stereocenters. The second-order valence-corrected chi connectivity index (χ2v) is 5.41. The number of nitrogen functional groups attached to an aromatic ring is 1. The fraction of sp³-hybridized carbons (Fsp3) is 0.125. The number of nitrogens with two attached hydrogens (primary N) is 1. The minimum atomic E-state index is 0.451. The zero-order chi connectivity index (χ0) is 14.3. The van der Waals surface area contributed by atoms with Crippen LogP contribution in [0.3, 0.4) is 0 Å². The van der Waals surface area contributed by atoms with E-state index in [0.717, 1.165) is 16.5 Å². The number of aryl methyl sites for hydroxylation is 2. The van der Waals surface area contributed by atoms with Gasteiger partial charge in [-0.15, -0.1) is 0 Å². The molecule has 0 amide bonds. The van der Waals surface area contributed by atoms with Crippen molar-refractivity contribution in [3.8, 4) is 11.4 Å². The molecule has 1 heterocycles. The Morgan fingerprint density at radius 1 is 0.950 bits per heavy atom. The van der Waals surface area contributed by atoms with E-state index in [9.17, 15) is 0 Å². The third kappa shape index (κ3) is 2.32. The molecule has 2 N–H and O–H groups in total. The van der Waals surface area contributed by atoms with Crippen LogP contribution in [0, 0.1) is 13.8 Å². The Labute approximate surface area is 122 Å². The lowest BCUT2D eigenvalue weighted by Crippen LogP contribution is -1.98. The molecule has 3 aromatic rings. The molecule has 0 fully saturated rings. The van der Waals surface area contributed by atoms with Crippen molar-refractivity contribution in [2.45, 2.75) is 13.8 Å². The topological polar surface area (TPSA) is 51.8 Å². The smallest absolute Gasteiger partial charge is 0.162 e. The van der Waals surface area contributed by atoms with Gasteiger partial charge in [0.05, 0.1) is 5.52 Å². The first-order valence-electron chi connectivity index (χ1n) is 6.34. The van der Waals surface area contributed by atoms with E-state index in [1.807, 2.05) is 12.1 Å². The molecule has 0 atom stereocenters. The Balaban J connectivity index is 2.24. The molecule has 3 nitrogen and oxygen atoms in total. The highest BCUT2D eigenvalue weighted by molar-refractivity contribution is 6.31. The Morgan fingerprint density at radius 2 is 1.65 bits per heavy atom. The third-order valence-electron chi connectivity index (χ3n) is 3.17. The summed E-state index contributed by atoms with van der Waals surface area (Å²) in [6, 6.07) is 11.7. The predicted molar refractivity (Wildman–Crippen MR) is 83.9 cm³/mol. The summed E-state index contributed by atoms with van der Waals surface area (Å²) in [5.74, 6) is 1.09. The van der Waals surface area contributed by atoms with E-state index in [4.69, 9.17) is 17.3 Å². The quantitative estimate of drug-likeness (QED) is 0.730. The van der Waals surface area contributed by atoms with Crippen LogP contribution in [0.5, 0.6) is 0 Å². The van der Waals surface area contributed by atoms with Crippen LogP contribution in [-0.2, 0) is 0 Å². The number of fused-ring (bicyclic) bond motifs is 1. The summed E-state index contributed by atoms with van der Waals surface area (Å²) >= 11 is 5.98. The largest absolute Gasteiger partial charge is 0.383 e. The van der Waals surface area contributed by atoms with Crippen LogP contribution in [0.1, 0.15) is 11.1 Å². The van der Waals surface area contributed by atoms with Crippen molar-refractivity contribution in [1.29, 1.82) is 0 Å². The van der Waals surface area contributed by atoms with Gasteiger partial charge in [0.2, 0.25) is 0 Å². The van der Waals surface area contributed by atoms with Crippen molar-refractivity contribution in [1.82, 2.24) is 9.97 Å². The normalized spacial score (nSPS) is 10.9. The number of hydrogen-bond donors (Lipinski definition) is 1. The highest BCUT2D eigenvalue weighted by atomic mass is 35.5. The van der Waals surface area contributed by atoms with Crippen LogP contribution in [0.15, 0.2) is 36.4 Å². The molecule has 4 heteroatoms. The van der Waals surface area contributed by atoms with Crippen LogP contribution in [0.25, 0.3) is 22.3 Å². The lowest BCUT2D eigenvalue weighted by atomic mass is 10.1. The molecule has 20 heavy (non-hydrogen) atoms. The second-order valence-electron chi connectivity index (χ2n) is 4.97. The Kier molecular flexibility index (Phi) is 3.07. The zero-order valence-electron chi connectivity index (χ0n) is 11.3. The van der Waals surface area contributed by atoms with Crippen molar-refractivity contribution in [2.75, 3.05) is 5.73 Å². The summed E-state index contributed by atoms with van der Waals surface area (Å²) in [6.45, 7) is 4.11. The van der Waals surface area contributed by atoms with Gasteiger partial charge in [-0.2, -0.15) is 0 Å². The van der Waals surface area contributed by atoms with E-state index < -0.39 is 0 Å². The van der Waals surface area contributed by atoms with E-state index >= 15 is 0 Å². The highest BCUT2D eigenvalue weighted by Gasteiger charge is 2.08. The summed E-state index contributed by atoms with van der Waals surface area (Å²) in [6.07, 6.45) is 0. The van der Waals surface area contributed by atoms with Gasteiger partial charge in [-0.25, -0.2) is 9.97 Å². The number of halogens is 1. The Bertz CT molecular complexity index is 792. The first kappa shape index (κ1) is 12.9. The van der Waals surface area contributed by atoms with Gasteiger partial charge in [0, 0.05) is 16.0 Å². The fourth-order valence-electron chi connectivity index (χ4n) is 2.36. The van der Waals surface area contributed by atoms with Gasteiger partial charge >= 0.3 is 0 Å². The first-order chi connectivity index (χ1) is 9.52. The van der Waals surface area contributed by atoms with Crippen molar-refractivity contribution >= 4 is 28.3 Å². The molecule has 0 bridgehead atoms. The average molecular weight is 284 g/mol. The van der Waals surface area contributed by atoms with Crippen molar-refractivity contribution in [3.05, 3.63) is 52.5 Å². The summed E-state index contributed by atoms with van der Waals surface area (Å²) < 4.78 is 0. The van der Waals surface area contributed by atoms with E-state index in [0.29, 0.717) is 16.7 Å². The van der Waals surface area contributed by atoms with Gasteiger partial charge in [-0.1, -0.05) is 28.8 Å². The van der Waals surface area contributed by atoms with E-state index in [1.54, 1.807) is 6.07 Å². The van der Waals surface area contributed by atoms with Crippen molar-refractivity contribution < 1.29 is 0 Å². The molecule has 0 aliphatic rings. The predicted octanol–water partition coefficient (Wildman–Crippen LogP) is 4.15. The molecule has 0 saturated carbocycles. The lowest BCUT2D eigenvalue weighted by Gasteiger charge is -2.07. The third-order valence-corrected chi connectivity index (χ3v) is 3.40. The fourth-order valence-corrected chi connectivity index (χ4v) is 2.53. The average Bonchev–Trinajstić information content (AvgIpc) is 2.38. The Morgan fingerprint density at radius 3 is 2.35 bits per heavy atom. The number of benzene rings is 2. The molecule has 0 radical (unpaired) electrons. The Hall–Kier alpha value is -2.13. The molecule has 2 aromatic carbocycles. The lowest BCUT2D eigenvalue weighted by molar-refractivity contribution is 1.22. The molecule has 100 valence electrons. The van der Waals surface area contributed by atoms with Gasteiger partial charge in [0.15, 0.2) is 5.82 Å². The van der Waals surface area contributed by atoms with Crippen LogP contribution < -0.4 is 5.73 Å². The molecular formula is C16H14ClN3. The first-order valence-corrected chi connectivity index (χ1v) is 6.72. The monoisotopic (exact) mass is 283 g/mol. The molecule has 0 aliphatic heterocycles. The van der Waals surface area contributed by atoms with Crippen LogP contribution in [0.2, 0.25) is 5.02 Å². The van der Waals surface area contributed by atoms with Gasteiger partial charge < -0.3 is 5.73 Å². The van der Waals surface area contributed by atoms with Gasteiger partial charge in [-0.3, -0.25) is 0 Å². The number of rotatable bonds is 1. The standard InChI is InChI=1S/C16H14ClN3/c1-9-5-10(2)7-11(6-9)16-19-14-4-3-12(17)8-13(14)15(18)20-16/h3-8H,1-2H3,(H2,18,19,20). The van der Waals surface area contributed by atoms with E-state index in [1.165, 1.54) is 11.1 Å². The maximum atomic E-state index is 6.03. The van der Waals surface area contributed by atoms with Gasteiger partial charge in [0.25, 0.3) is 0 Å².